The summed E-state index contributed by atoms with van der Waals surface area (Å²) in [6.07, 6.45) is 21.0. The van der Waals surface area contributed by atoms with Crippen molar-refractivity contribution in [2.75, 3.05) is 6.54 Å². The number of carboxylic acids is 1. The molecule has 0 saturated carbocycles. The summed E-state index contributed by atoms with van der Waals surface area (Å²) in [7, 11) is 2.01. The number of aromatic hydroxyl groups is 1. The molecule has 0 aliphatic carbocycles. The van der Waals surface area contributed by atoms with E-state index in [4.69, 9.17) is 10.8 Å². The fraction of sp³-hybridized carbons (Fsp3) is 0.700. The zero-order valence-corrected chi connectivity index (χ0v) is 22.8. The molecule has 0 radical (unpaired) electrons. The zero-order chi connectivity index (χ0) is 25.9. The first-order valence-electron chi connectivity index (χ1n) is 14.1. The number of phenols is 1. The number of phenolic OH excluding ortho intramolecular Hbond substituents is 1. The maximum atomic E-state index is 10.3. The molecule has 35 heavy (non-hydrogen) atoms. The van der Waals surface area contributed by atoms with Crippen LogP contribution in [0.15, 0.2) is 18.2 Å². The molecule has 2 rings (SSSR count). The Kier molecular flexibility index (Phi) is 17.0. The van der Waals surface area contributed by atoms with E-state index in [2.05, 4.69) is 18.4 Å². The second-order valence-electron chi connectivity index (χ2n) is 9.93. The second-order valence-corrected chi connectivity index (χ2v) is 9.93. The molecule has 0 aliphatic rings. The normalized spacial score (nSPS) is 11.0. The number of unbranched alkanes of at least 4 members (excludes halogenated alkanes) is 14. The number of carbonyl (C=O) groups is 1. The molecule has 0 bridgehead atoms. The summed E-state index contributed by atoms with van der Waals surface area (Å²) in [5, 5.41) is 19.3. The van der Waals surface area contributed by atoms with Crippen molar-refractivity contribution < 1.29 is 15.0 Å². The number of nitrogens with zero attached hydrogens (tertiary/aromatic N) is 1. The van der Waals surface area contributed by atoms with E-state index >= 15 is 0 Å². The summed E-state index contributed by atoms with van der Waals surface area (Å²) in [5.41, 5.74) is 8.99. The van der Waals surface area contributed by atoms with Crippen LogP contribution in [0.4, 0.5) is 0 Å². The molecule has 1 aromatic carbocycles. The number of hydrogen-bond acceptors (Lipinski definition) is 3. The molecule has 0 spiro atoms. The Morgan fingerprint density at radius 1 is 0.857 bits per heavy atom. The fourth-order valence-corrected chi connectivity index (χ4v) is 4.78. The highest BCUT2D eigenvalue weighted by atomic mass is 16.4. The van der Waals surface area contributed by atoms with Crippen molar-refractivity contribution >= 4 is 16.9 Å². The van der Waals surface area contributed by atoms with Gasteiger partial charge in [0.2, 0.25) is 0 Å². The minimum atomic E-state index is -0.653. The average molecular weight is 489 g/mol. The molecule has 0 amide bonds. The van der Waals surface area contributed by atoms with E-state index in [-0.39, 0.29) is 0 Å². The van der Waals surface area contributed by atoms with Gasteiger partial charge in [-0.15, -0.1) is 0 Å². The van der Waals surface area contributed by atoms with Crippen LogP contribution in [-0.4, -0.2) is 27.3 Å². The number of hydrogen-bond donors (Lipinski definition) is 3. The molecule has 200 valence electrons. The fourth-order valence-electron chi connectivity index (χ4n) is 4.78. The van der Waals surface area contributed by atoms with Crippen LogP contribution in [0.3, 0.4) is 0 Å². The molecular weight excluding hydrogens is 436 g/mol. The highest BCUT2D eigenvalue weighted by molar-refractivity contribution is 5.91. The third-order valence-electron chi connectivity index (χ3n) is 7.01. The molecule has 0 atom stereocenters. The average Bonchev–Trinajstić information content (AvgIpc) is 3.08. The number of aryl methyl sites for hydroxylation is 1. The number of aliphatic carboxylic acids is 1. The molecule has 1 heterocycles. The van der Waals surface area contributed by atoms with Crippen molar-refractivity contribution in [2.45, 2.75) is 123 Å². The topological polar surface area (TPSA) is 88.5 Å². The molecule has 4 N–H and O–H groups in total. The number of rotatable bonds is 18. The molecule has 5 nitrogen and oxygen atoms in total. The minimum Gasteiger partial charge on any atom is -0.507 e. The Balaban J connectivity index is 0.000000362. The Labute approximate surface area is 214 Å². The van der Waals surface area contributed by atoms with Crippen molar-refractivity contribution in [1.29, 1.82) is 0 Å². The van der Waals surface area contributed by atoms with Gasteiger partial charge >= 0.3 is 5.97 Å². The Morgan fingerprint density at radius 3 is 1.80 bits per heavy atom. The van der Waals surface area contributed by atoms with E-state index in [1.165, 1.54) is 89.2 Å². The van der Waals surface area contributed by atoms with Crippen molar-refractivity contribution in [2.24, 2.45) is 12.8 Å². The molecule has 0 unspecified atom stereocenters. The molecule has 1 aromatic heterocycles. The number of benzene rings is 1. The van der Waals surface area contributed by atoms with Crippen LogP contribution < -0.4 is 5.73 Å². The highest BCUT2D eigenvalue weighted by Gasteiger charge is 2.13. The maximum absolute atomic E-state index is 10.3. The lowest BCUT2D eigenvalue weighted by molar-refractivity contribution is -0.137. The smallest absolute Gasteiger partial charge is 0.303 e. The van der Waals surface area contributed by atoms with Gasteiger partial charge in [-0.25, -0.2) is 0 Å². The van der Waals surface area contributed by atoms with E-state index in [1.54, 1.807) is 6.07 Å². The Hall–Kier alpha value is -2.01. The third kappa shape index (κ3) is 12.5. The molecule has 0 saturated heterocycles. The summed E-state index contributed by atoms with van der Waals surface area (Å²) >= 11 is 0. The van der Waals surface area contributed by atoms with Gasteiger partial charge in [0.25, 0.3) is 0 Å². The second kappa shape index (κ2) is 19.2. The first-order chi connectivity index (χ1) is 16.9. The van der Waals surface area contributed by atoms with E-state index in [9.17, 15) is 9.90 Å². The van der Waals surface area contributed by atoms with Gasteiger partial charge in [0.15, 0.2) is 0 Å². The maximum Gasteiger partial charge on any atom is 0.303 e. The number of aromatic nitrogens is 1. The predicted molar refractivity (Wildman–Crippen MR) is 149 cm³/mol. The van der Waals surface area contributed by atoms with E-state index in [0.717, 1.165) is 35.7 Å². The number of fused-ring (bicyclic) bond motifs is 1. The Morgan fingerprint density at radius 2 is 1.34 bits per heavy atom. The summed E-state index contributed by atoms with van der Waals surface area (Å²) < 4.78 is 2.10. The minimum absolute atomic E-state index is 0.345. The third-order valence-corrected chi connectivity index (χ3v) is 7.01. The van der Waals surface area contributed by atoms with Gasteiger partial charge < -0.3 is 20.5 Å². The molecule has 2 aromatic rings. The van der Waals surface area contributed by atoms with E-state index in [0.29, 0.717) is 18.7 Å². The summed E-state index contributed by atoms with van der Waals surface area (Å²) in [6.45, 7) is 4.94. The lowest BCUT2D eigenvalue weighted by Gasteiger charge is -2.03. The van der Waals surface area contributed by atoms with Crippen molar-refractivity contribution in [3.8, 4) is 5.75 Å². The van der Waals surface area contributed by atoms with Gasteiger partial charge in [-0.3, -0.25) is 4.79 Å². The quantitative estimate of drug-likeness (QED) is 0.185. The van der Waals surface area contributed by atoms with Crippen molar-refractivity contribution in [3.63, 3.8) is 0 Å². The van der Waals surface area contributed by atoms with Crippen LogP contribution in [0.1, 0.15) is 121 Å². The summed E-state index contributed by atoms with van der Waals surface area (Å²) in [5.74, 6) is -0.306. The largest absolute Gasteiger partial charge is 0.507 e. The lowest BCUT2D eigenvalue weighted by atomic mass is 10.0. The lowest BCUT2D eigenvalue weighted by Crippen LogP contribution is -2.04. The highest BCUT2D eigenvalue weighted by Crippen LogP contribution is 2.32. The summed E-state index contributed by atoms with van der Waals surface area (Å²) in [6, 6.07) is 5.60. The number of nitrogens with two attached hydrogens (primary N) is 1. The summed E-state index contributed by atoms with van der Waals surface area (Å²) in [4.78, 5) is 10.3. The first-order valence-corrected chi connectivity index (χ1v) is 14.1. The van der Waals surface area contributed by atoms with Crippen LogP contribution >= 0.6 is 0 Å². The van der Waals surface area contributed by atoms with Crippen LogP contribution in [-0.2, 0) is 18.3 Å². The van der Waals surface area contributed by atoms with Crippen molar-refractivity contribution in [1.82, 2.24) is 4.57 Å². The van der Waals surface area contributed by atoms with Gasteiger partial charge in [-0.2, -0.15) is 0 Å². The van der Waals surface area contributed by atoms with Gasteiger partial charge in [0.1, 0.15) is 5.75 Å². The molecule has 5 heteroatoms. The van der Waals surface area contributed by atoms with Gasteiger partial charge in [0, 0.05) is 24.5 Å². The molecular formula is C30H52N2O3. The predicted octanol–water partition coefficient (Wildman–Crippen LogP) is 8.03. The van der Waals surface area contributed by atoms with Gasteiger partial charge in [0.05, 0.1) is 5.52 Å². The monoisotopic (exact) mass is 488 g/mol. The van der Waals surface area contributed by atoms with Crippen LogP contribution in [0.25, 0.3) is 10.9 Å². The van der Waals surface area contributed by atoms with E-state index in [1.807, 2.05) is 19.2 Å². The van der Waals surface area contributed by atoms with Crippen molar-refractivity contribution in [3.05, 3.63) is 29.5 Å². The Bertz CT molecular complexity index is 829. The first kappa shape index (κ1) is 31.0. The van der Waals surface area contributed by atoms with Gasteiger partial charge in [-0.05, 0) is 44.0 Å². The molecule has 0 aliphatic heterocycles. The number of carboxylic acid groups (broad SMARTS) is 1. The SMILES string of the molecule is CCCCCCCCCCCCCCCCCC(=O)O.Cc1c(CCN)c2c(O)cccc2n1C. The van der Waals surface area contributed by atoms with Crippen LogP contribution in [0.5, 0.6) is 5.75 Å². The van der Waals surface area contributed by atoms with Crippen LogP contribution in [0, 0.1) is 6.92 Å². The van der Waals surface area contributed by atoms with Crippen LogP contribution in [0.2, 0.25) is 0 Å². The standard InChI is InChI=1S/C18H36O2.C12H16N2O/c1-2-3-4-5-6-7-8-9-10-11-12-13-14-15-16-17-18(19)20;1-8-9(6-7-13)12-10(14(8)2)4-3-5-11(12)15/h2-17H2,1H3,(H,19,20);3-5,15H,6-7,13H2,1-2H3. The molecule has 0 fully saturated rings. The van der Waals surface area contributed by atoms with E-state index < -0.39 is 5.97 Å². The zero-order valence-electron chi connectivity index (χ0n) is 22.8. The van der Waals surface area contributed by atoms with Gasteiger partial charge in [-0.1, -0.05) is 103 Å².